The lowest BCUT2D eigenvalue weighted by Gasteiger charge is -2.07. The van der Waals surface area contributed by atoms with Gasteiger partial charge in [-0.25, -0.2) is 14.8 Å². The second-order valence-corrected chi connectivity index (χ2v) is 8.76. The van der Waals surface area contributed by atoms with Gasteiger partial charge >= 0.3 is 12.2 Å². The van der Waals surface area contributed by atoms with Gasteiger partial charge in [0.2, 0.25) is 6.29 Å². The van der Waals surface area contributed by atoms with Crippen LogP contribution in [-0.2, 0) is 9.47 Å². The first-order chi connectivity index (χ1) is 16.7. The number of hydrogen-bond acceptors (Lipinski definition) is 7. The zero-order valence-corrected chi connectivity index (χ0v) is 20.5. The van der Waals surface area contributed by atoms with Crippen molar-refractivity contribution in [2.45, 2.75) is 96.9 Å². The smallest absolute Gasteiger partial charge is 0.463 e. The molecule has 34 heavy (non-hydrogen) atoms. The Morgan fingerprint density at radius 2 is 1.50 bits per heavy atom. The Bertz CT molecular complexity index is 841. The van der Waals surface area contributed by atoms with Crippen molar-refractivity contribution in [3.8, 4) is 22.9 Å². The summed E-state index contributed by atoms with van der Waals surface area (Å²) in [4.78, 5) is 20.5. The lowest BCUT2D eigenvalue weighted by molar-refractivity contribution is 0.0562. The van der Waals surface area contributed by atoms with Gasteiger partial charge in [0.25, 0.3) is 0 Å². The first-order valence-corrected chi connectivity index (χ1v) is 12.8. The van der Waals surface area contributed by atoms with Crippen LogP contribution < -0.4 is 9.47 Å². The minimum Gasteiger partial charge on any atom is -0.463 e. The average Bonchev–Trinajstić information content (AvgIpc) is 3.58. The van der Waals surface area contributed by atoms with Gasteiger partial charge in [-0.3, -0.25) is 0 Å². The zero-order valence-electron chi connectivity index (χ0n) is 20.5. The van der Waals surface area contributed by atoms with Crippen LogP contribution in [0.1, 0.15) is 84.5 Å². The summed E-state index contributed by atoms with van der Waals surface area (Å²) in [6.07, 6.45) is 15.6. The van der Waals surface area contributed by atoms with E-state index in [1.807, 2.05) is 12.1 Å². The van der Waals surface area contributed by atoms with Crippen molar-refractivity contribution in [1.82, 2.24) is 9.97 Å². The largest absolute Gasteiger partial charge is 0.516 e. The topological polar surface area (TPSA) is 83.1 Å². The van der Waals surface area contributed by atoms with Crippen LogP contribution >= 0.6 is 0 Å². The highest BCUT2D eigenvalue weighted by molar-refractivity contribution is 5.66. The minimum absolute atomic E-state index is 0.00279. The highest BCUT2D eigenvalue weighted by atomic mass is 16.8. The van der Waals surface area contributed by atoms with E-state index in [9.17, 15) is 4.79 Å². The molecule has 0 radical (unpaired) electrons. The predicted octanol–water partition coefficient (Wildman–Crippen LogP) is 7.09. The normalized spacial score (nSPS) is 16.8. The van der Waals surface area contributed by atoms with Gasteiger partial charge in [0.15, 0.2) is 0 Å². The molecule has 2 heterocycles. The van der Waals surface area contributed by atoms with Crippen LogP contribution in [0.3, 0.4) is 0 Å². The molecule has 0 N–H and O–H groups in total. The van der Waals surface area contributed by atoms with Gasteiger partial charge in [0.1, 0.15) is 11.9 Å². The van der Waals surface area contributed by atoms with E-state index in [0.717, 1.165) is 30.4 Å². The van der Waals surface area contributed by atoms with Gasteiger partial charge < -0.3 is 18.9 Å². The highest BCUT2D eigenvalue weighted by Crippen LogP contribution is 2.28. The molecule has 0 aliphatic carbocycles. The maximum atomic E-state index is 11.9. The fourth-order valence-corrected chi connectivity index (χ4v) is 3.77. The number of unbranched alkanes of at least 4 members (excludes halogenated alkanes) is 8. The number of epoxide rings is 1. The highest BCUT2D eigenvalue weighted by Gasteiger charge is 2.42. The third-order valence-corrected chi connectivity index (χ3v) is 5.82. The number of carbonyl (C=O) groups excluding carboxylic acids is 1. The molecule has 1 aromatic carbocycles. The van der Waals surface area contributed by atoms with Crippen LogP contribution in [0.2, 0.25) is 0 Å². The Kier molecular flexibility index (Phi) is 11.1. The van der Waals surface area contributed by atoms with E-state index in [2.05, 4.69) is 23.8 Å². The molecule has 1 fully saturated rings. The SMILES string of the molecule is CCCCCCCCCCCOc1ncc(-c2ccc(OC(=O)O[C@H]3O[C@@H]3CCC)cc2)cn1. The molecule has 2 aromatic rings. The molecule has 0 unspecified atom stereocenters. The molecule has 2 atom stereocenters. The standard InChI is InChI=1S/C27H38N2O5/c1-3-5-6-7-8-9-10-11-12-18-31-26-28-19-22(20-29-26)21-14-16-23(17-15-21)32-27(30)34-25-24(33-25)13-4-2/h14-17,19-20,24-25H,3-13,18H2,1-2H3/t24-,25-/m1/s1. The molecule has 0 saturated carbocycles. The van der Waals surface area contributed by atoms with Crippen molar-refractivity contribution >= 4 is 6.16 Å². The Balaban J connectivity index is 1.31. The molecular formula is C27H38N2O5. The van der Waals surface area contributed by atoms with Gasteiger partial charge in [-0.1, -0.05) is 83.8 Å². The Labute approximate surface area is 203 Å². The molecule has 186 valence electrons. The second-order valence-electron chi connectivity index (χ2n) is 8.76. The molecule has 0 bridgehead atoms. The van der Waals surface area contributed by atoms with E-state index in [0.29, 0.717) is 18.4 Å². The van der Waals surface area contributed by atoms with Crippen LogP contribution in [0.4, 0.5) is 4.79 Å². The fraction of sp³-hybridized carbons (Fsp3) is 0.593. The van der Waals surface area contributed by atoms with Crippen molar-refractivity contribution in [2.75, 3.05) is 6.61 Å². The van der Waals surface area contributed by atoms with E-state index in [1.54, 1.807) is 24.5 Å². The molecule has 0 amide bonds. The minimum atomic E-state index is -0.756. The lowest BCUT2D eigenvalue weighted by Crippen LogP contribution is -2.14. The monoisotopic (exact) mass is 470 g/mol. The van der Waals surface area contributed by atoms with E-state index in [4.69, 9.17) is 18.9 Å². The fourth-order valence-electron chi connectivity index (χ4n) is 3.77. The molecular weight excluding hydrogens is 432 g/mol. The summed E-state index contributed by atoms with van der Waals surface area (Å²) in [5.74, 6) is 0.406. The number of hydrogen-bond donors (Lipinski definition) is 0. The van der Waals surface area contributed by atoms with Crippen LogP contribution in [-0.4, -0.2) is 35.1 Å². The number of nitrogens with zero attached hydrogens (tertiary/aromatic N) is 2. The van der Waals surface area contributed by atoms with Gasteiger partial charge in [-0.05, 0) is 30.5 Å². The van der Waals surface area contributed by atoms with Crippen LogP contribution in [0.5, 0.6) is 11.8 Å². The van der Waals surface area contributed by atoms with Gasteiger partial charge in [-0.2, -0.15) is 0 Å². The molecule has 1 saturated heterocycles. The molecule has 7 heteroatoms. The maximum Gasteiger partial charge on any atom is 0.516 e. The second kappa shape index (κ2) is 14.6. The van der Waals surface area contributed by atoms with E-state index < -0.39 is 12.4 Å². The van der Waals surface area contributed by atoms with Gasteiger partial charge in [0.05, 0.1) is 6.61 Å². The Hall–Kier alpha value is -2.67. The van der Waals surface area contributed by atoms with Crippen molar-refractivity contribution in [3.05, 3.63) is 36.7 Å². The maximum absolute atomic E-state index is 11.9. The summed E-state index contributed by atoms with van der Waals surface area (Å²) in [7, 11) is 0. The van der Waals surface area contributed by atoms with Crippen LogP contribution in [0.15, 0.2) is 36.7 Å². The molecule has 1 aromatic heterocycles. The van der Waals surface area contributed by atoms with Crippen molar-refractivity contribution < 1.29 is 23.7 Å². The summed E-state index contributed by atoms with van der Waals surface area (Å²) < 4.78 is 21.3. The van der Waals surface area contributed by atoms with Crippen LogP contribution in [0, 0.1) is 0 Å². The number of rotatable bonds is 16. The molecule has 1 aliphatic heterocycles. The molecule has 0 spiro atoms. The van der Waals surface area contributed by atoms with E-state index in [1.165, 1.54) is 51.4 Å². The summed E-state index contributed by atoms with van der Waals surface area (Å²) in [6.45, 7) is 4.95. The Morgan fingerprint density at radius 1 is 0.853 bits per heavy atom. The number of carbonyl (C=O) groups is 1. The average molecular weight is 471 g/mol. The molecule has 3 rings (SSSR count). The summed E-state index contributed by atoms with van der Waals surface area (Å²) >= 11 is 0. The number of aromatic nitrogens is 2. The molecule has 7 nitrogen and oxygen atoms in total. The third-order valence-electron chi connectivity index (χ3n) is 5.82. The van der Waals surface area contributed by atoms with Crippen molar-refractivity contribution in [2.24, 2.45) is 0 Å². The summed E-state index contributed by atoms with van der Waals surface area (Å²) in [5.41, 5.74) is 1.78. The van der Waals surface area contributed by atoms with E-state index in [-0.39, 0.29) is 6.10 Å². The summed E-state index contributed by atoms with van der Waals surface area (Å²) in [6, 6.07) is 7.51. The molecule has 1 aliphatic rings. The predicted molar refractivity (Wildman–Crippen MR) is 131 cm³/mol. The summed E-state index contributed by atoms with van der Waals surface area (Å²) in [5, 5.41) is 0. The van der Waals surface area contributed by atoms with Crippen LogP contribution in [0.25, 0.3) is 11.1 Å². The first kappa shape index (κ1) is 25.9. The van der Waals surface area contributed by atoms with Gasteiger partial charge in [0, 0.05) is 18.0 Å². The number of benzene rings is 1. The Morgan fingerprint density at radius 3 is 2.15 bits per heavy atom. The van der Waals surface area contributed by atoms with Gasteiger partial charge in [-0.15, -0.1) is 0 Å². The van der Waals surface area contributed by atoms with E-state index >= 15 is 0 Å². The van der Waals surface area contributed by atoms with Crippen molar-refractivity contribution in [1.29, 1.82) is 0 Å². The zero-order chi connectivity index (χ0) is 24.0. The lowest BCUT2D eigenvalue weighted by atomic mass is 10.1. The number of ether oxygens (including phenoxy) is 4. The quantitative estimate of drug-likeness (QED) is 0.112. The van der Waals surface area contributed by atoms with Crippen molar-refractivity contribution in [3.63, 3.8) is 0 Å². The first-order valence-electron chi connectivity index (χ1n) is 12.8. The third kappa shape index (κ3) is 9.29.